The molecule has 2 heterocycles. The maximum absolute atomic E-state index is 13.9. The van der Waals surface area contributed by atoms with E-state index in [0.29, 0.717) is 13.1 Å². The Bertz CT molecular complexity index is 511. The first-order chi connectivity index (χ1) is 11.2. The molecule has 0 aromatic carbocycles. The molecule has 2 aliphatic heterocycles. The maximum Gasteiger partial charge on any atom is 0.259 e. The quantitative estimate of drug-likeness (QED) is 0.852. The molecule has 0 radical (unpaired) electrons. The van der Waals surface area contributed by atoms with Gasteiger partial charge < -0.3 is 10.2 Å². The predicted octanol–water partition coefficient (Wildman–Crippen LogP) is 1.72. The molecule has 0 aromatic rings. The van der Waals surface area contributed by atoms with E-state index in [1.807, 2.05) is 7.05 Å². The van der Waals surface area contributed by atoms with Gasteiger partial charge in [-0.15, -0.1) is 0 Å². The lowest BCUT2D eigenvalue weighted by Gasteiger charge is -2.52. The minimum Gasteiger partial charge on any atom is -0.351 e. The van der Waals surface area contributed by atoms with Crippen LogP contribution in [0, 0.1) is 5.41 Å². The second-order valence-corrected chi connectivity index (χ2v) is 8.44. The van der Waals surface area contributed by atoms with Crippen LogP contribution in [0.3, 0.4) is 0 Å². The smallest absolute Gasteiger partial charge is 0.259 e. The number of hydrogen-bond acceptors (Lipinski definition) is 3. The first kappa shape index (κ1) is 17.6. The van der Waals surface area contributed by atoms with Gasteiger partial charge in [0.15, 0.2) is 5.67 Å². The van der Waals surface area contributed by atoms with Crippen molar-refractivity contribution in [3.05, 3.63) is 0 Å². The number of carbonyl (C=O) groups excluding carboxylic acids is 2. The van der Waals surface area contributed by atoms with E-state index >= 15 is 0 Å². The highest BCUT2D eigenvalue weighted by atomic mass is 19.1. The third kappa shape index (κ3) is 3.17. The van der Waals surface area contributed by atoms with Gasteiger partial charge in [-0.3, -0.25) is 14.5 Å². The minimum atomic E-state index is -1.82. The monoisotopic (exact) mass is 339 g/mol. The fourth-order valence-corrected chi connectivity index (χ4v) is 4.65. The van der Waals surface area contributed by atoms with Gasteiger partial charge in [-0.25, -0.2) is 4.39 Å². The second kappa shape index (κ2) is 6.28. The molecule has 2 saturated heterocycles. The van der Waals surface area contributed by atoms with Crippen LogP contribution >= 0.6 is 0 Å². The average Bonchev–Trinajstić information content (AvgIpc) is 2.88. The van der Waals surface area contributed by atoms with Crippen LogP contribution in [0.25, 0.3) is 0 Å². The van der Waals surface area contributed by atoms with Crippen LogP contribution in [0.15, 0.2) is 0 Å². The van der Waals surface area contributed by atoms with E-state index in [4.69, 9.17) is 0 Å². The van der Waals surface area contributed by atoms with Crippen molar-refractivity contribution < 1.29 is 14.0 Å². The topological polar surface area (TPSA) is 52.7 Å². The largest absolute Gasteiger partial charge is 0.351 e. The molecule has 1 N–H and O–H groups in total. The Kier molecular flexibility index (Phi) is 4.62. The van der Waals surface area contributed by atoms with Crippen molar-refractivity contribution in [1.29, 1.82) is 0 Å². The standard InChI is InChI=1S/C18H30FN3O2/c1-17(2,19)16(24)22-11-18(12-22)9-6-8-14(18)20-15(23)13-7-4-5-10-21(13)3/h13-14H,4-12H2,1-3H3,(H,20,23). The first-order valence-electron chi connectivity index (χ1n) is 9.22. The number of alkyl halides is 1. The van der Waals surface area contributed by atoms with E-state index in [1.54, 1.807) is 4.90 Å². The maximum atomic E-state index is 13.9. The molecule has 24 heavy (non-hydrogen) atoms. The summed E-state index contributed by atoms with van der Waals surface area (Å²) < 4.78 is 13.9. The normalized spacial score (nSPS) is 30.2. The lowest BCUT2D eigenvalue weighted by Crippen LogP contribution is -2.67. The number of likely N-dealkylation sites (tertiary alicyclic amines) is 2. The number of amides is 2. The second-order valence-electron chi connectivity index (χ2n) is 8.44. The van der Waals surface area contributed by atoms with Crippen LogP contribution in [0.2, 0.25) is 0 Å². The summed E-state index contributed by atoms with van der Waals surface area (Å²) in [6, 6.07) is 0.0890. The van der Waals surface area contributed by atoms with Crippen LogP contribution < -0.4 is 5.32 Å². The van der Waals surface area contributed by atoms with Crippen molar-refractivity contribution in [2.75, 3.05) is 26.7 Å². The van der Waals surface area contributed by atoms with Gasteiger partial charge >= 0.3 is 0 Å². The highest BCUT2D eigenvalue weighted by molar-refractivity contribution is 5.85. The Morgan fingerprint density at radius 2 is 1.88 bits per heavy atom. The predicted molar refractivity (Wildman–Crippen MR) is 90.3 cm³/mol. The number of hydrogen-bond donors (Lipinski definition) is 1. The zero-order chi connectivity index (χ0) is 17.5. The number of likely N-dealkylation sites (N-methyl/N-ethyl adjacent to an activating group) is 1. The van der Waals surface area contributed by atoms with Gasteiger partial charge in [0.05, 0.1) is 6.04 Å². The molecular formula is C18H30FN3O2. The molecule has 2 amide bonds. The summed E-state index contributed by atoms with van der Waals surface area (Å²) >= 11 is 0. The summed E-state index contributed by atoms with van der Waals surface area (Å²) in [6.07, 6.45) is 6.21. The third-order valence-corrected chi connectivity index (χ3v) is 6.10. The third-order valence-electron chi connectivity index (χ3n) is 6.10. The van der Waals surface area contributed by atoms with E-state index in [2.05, 4.69) is 10.2 Å². The number of nitrogens with one attached hydrogen (secondary N) is 1. The van der Waals surface area contributed by atoms with E-state index in [0.717, 1.165) is 45.1 Å². The van der Waals surface area contributed by atoms with Crippen molar-refractivity contribution in [2.45, 2.75) is 70.1 Å². The van der Waals surface area contributed by atoms with Crippen LogP contribution in [-0.2, 0) is 9.59 Å². The van der Waals surface area contributed by atoms with Gasteiger partial charge in [0.25, 0.3) is 5.91 Å². The van der Waals surface area contributed by atoms with Crippen LogP contribution in [0.1, 0.15) is 52.4 Å². The van der Waals surface area contributed by atoms with E-state index in [-0.39, 0.29) is 23.4 Å². The summed E-state index contributed by atoms with van der Waals surface area (Å²) in [7, 11) is 2.01. The first-order valence-corrected chi connectivity index (χ1v) is 9.22. The Morgan fingerprint density at radius 3 is 2.50 bits per heavy atom. The zero-order valence-electron chi connectivity index (χ0n) is 15.1. The molecule has 1 saturated carbocycles. The van der Waals surface area contributed by atoms with Crippen LogP contribution in [0.4, 0.5) is 4.39 Å². The SMILES string of the molecule is CN1CCCCC1C(=O)NC1CCCC12CN(C(=O)C(C)(C)F)C2. The molecule has 3 aliphatic rings. The van der Waals surface area contributed by atoms with Crippen molar-refractivity contribution >= 4 is 11.8 Å². The fourth-order valence-electron chi connectivity index (χ4n) is 4.65. The molecule has 2 atom stereocenters. The molecule has 1 spiro atoms. The van der Waals surface area contributed by atoms with Crippen molar-refractivity contribution in [3.63, 3.8) is 0 Å². The average molecular weight is 339 g/mol. The fraction of sp³-hybridized carbons (Fsp3) is 0.889. The van der Waals surface area contributed by atoms with E-state index in [9.17, 15) is 14.0 Å². The number of piperidine rings is 1. The molecule has 3 fully saturated rings. The van der Waals surface area contributed by atoms with Gasteiger partial charge in [-0.1, -0.05) is 12.8 Å². The Hall–Kier alpha value is -1.17. The Morgan fingerprint density at radius 1 is 1.17 bits per heavy atom. The summed E-state index contributed by atoms with van der Waals surface area (Å²) in [5.41, 5.74) is -1.85. The molecule has 2 unspecified atom stereocenters. The van der Waals surface area contributed by atoms with Crippen molar-refractivity contribution in [2.24, 2.45) is 5.41 Å². The number of rotatable bonds is 3. The summed E-state index contributed by atoms with van der Waals surface area (Å²) in [5.74, 6) is -0.309. The van der Waals surface area contributed by atoms with Gasteiger partial charge in [-0.05, 0) is 53.1 Å². The summed E-state index contributed by atoms with van der Waals surface area (Å²) in [4.78, 5) is 28.5. The van der Waals surface area contributed by atoms with Gasteiger partial charge in [-0.2, -0.15) is 0 Å². The Labute approximate surface area is 143 Å². The minimum absolute atomic E-state index is 0.0287. The molecule has 3 rings (SSSR count). The number of nitrogens with zero attached hydrogens (tertiary/aromatic N) is 2. The molecule has 136 valence electrons. The molecular weight excluding hydrogens is 309 g/mol. The van der Waals surface area contributed by atoms with Gasteiger partial charge in [0.2, 0.25) is 5.91 Å². The summed E-state index contributed by atoms with van der Waals surface area (Å²) in [5, 5.41) is 3.26. The van der Waals surface area contributed by atoms with Crippen LogP contribution in [0.5, 0.6) is 0 Å². The van der Waals surface area contributed by atoms with Crippen molar-refractivity contribution in [3.8, 4) is 0 Å². The lowest BCUT2D eigenvalue weighted by atomic mass is 9.74. The molecule has 0 aromatic heterocycles. The molecule has 1 aliphatic carbocycles. The molecule has 0 bridgehead atoms. The molecule has 6 heteroatoms. The van der Waals surface area contributed by atoms with Crippen LogP contribution in [-0.4, -0.2) is 66.0 Å². The number of carbonyl (C=O) groups is 2. The van der Waals surface area contributed by atoms with Gasteiger partial charge in [0, 0.05) is 24.5 Å². The van der Waals surface area contributed by atoms with Gasteiger partial charge in [0.1, 0.15) is 0 Å². The zero-order valence-corrected chi connectivity index (χ0v) is 15.1. The lowest BCUT2D eigenvalue weighted by molar-refractivity contribution is -0.156. The van der Waals surface area contributed by atoms with E-state index < -0.39 is 11.6 Å². The summed E-state index contributed by atoms with van der Waals surface area (Å²) in [6.45, 7) is 4.75. The highest BCUT2D eigenvalue weighted by Crippen LogP contribution is 2.46. The molecule has 5 nitrogen and oxygen atoms in total. The Balaban J connectivity index is 1.59. The highest BCUT2D eigenvalue weighted by Gasteiger charge is 2.55. The van der Waals surface area contributed by atoms with E-state index in [1.165, 1.54) is 13.8 Å². The number of halogens is 1. The van der Waals surface area contributed by atoms with Crippen molar-refractivity contribution in [1.82, 2.24) is 15.1 Å².